The Morgan fingerprint density at radius 1 is 1.25 bits per heavy atom. The third-order valence-electron chi connectivity index (χ3n) is 2.99. The standard InChI is InChI=1S/C15H11BrN2OS/c16-12-6-8-20-13(12)9-18-15(19)14-11-4-2-1-3-10(11)5-7-17-14/h1-8H,9H2,(H,18,19). The van der Waals surface area contributed by atoms with Crippen LogP contribution in [-0.2, 0) is 6.54 Å². The number of aromatic nitrogens is 1. The van der Waals surface area contributed by atoms with Gasteiger partial charge in [0.15, 0.2) is 0 Å². The van der Waals surface area contributed by atoms with E-state index in [9.17, 15) is 4.79 Å². The van der Waals surface area contributed by atoms with Crippen molar-refractivity contribution in [3.63, 3.8) is 0 Å². The molecule has 0 fully saturated rings. The van der Waals surface area contributed by atoms with Crippen LogP contribution in [0.2, 0.25) is 0 Å². The van der Waals surface area contributed by atoms with E-state index in [1.54, 1.807) is 17.5 Å². The molecule has 0 unspecified atom stereocenters. The smallest absolute Gasteiger partial charge is 0.270 e. The van der Waals surface area contributed by atoms with E-state index in [1.165, 1.54) is 0 Å². The Morgan fingerprint density at radius 3 is 2.90 bits per heavy atom. The first-order chi connectivity index (χ1) is 9.75. The molecule has 2 heterocycles. The molecule has 1 amide bonds. The minimum Gasteiger partial charge on any atom is -0.346 e. The molecule has 3 nitrogen and oxygen atoms in total. The molecule has 0 bridgehead atoms. The molecule has 3 rings (SSSR count). The second-order valence-corrected chi connectivity index (χ2v) is 6.11. The second kappa shape index (κ2) is 5.73. The summed E-state index contributed by atoms with van der Waals surface area (Å²) < 4.78 is 1.02. The minimum atomic E-state index is -0.151. The zero-order valence-electron chi connectivity index (χ0n) is 10.5. The van der Waals surface area contributed by atoms with E-state index in [-0.39, 0.29) is 5.91 Å². The molecule has 0 radical (unpaired) electrons. The van der Waals surface area contributed by atoms with Crippen LogP contribution in [-0.4, -0.2) is 10.9 Å². The molecular formula is C15H11BrN2OS. The van der Waals surface area contributed by atoms with Gasteiger partial charge in [-0.25, -0.2) is 0 Å². The van der Waals surface area contributed by atoms with Crippen LogP contribution in [0.1, 0.15) is 15.4 Å². The molecule has 20 heavy (non-hydrogen) atoms. The van der Waals surface area contributed by atoms with Crippen LogP contribution in [0.15, 0.2) is 52.4 Å². The number of nitrogens with zero attached hydrogens (tertiary/aromatic N) is 1. The maximum absolute atomic E-state index is 12.3. The lowest BCUT2D eigenvalue weighted by Gasteiger charge is -2.06. The predicted octanol–water partition coefficient (Wildman–Crippen LogP) is 3.99. The van der Waals surface area contributed by atoms with Crippen LogP contribution in [0.25, 0.3) is 10.8 Å². The Kier molecular flexibility index (Phi) is 3.80. The van der Waals surface area contributed by atoms with E-state index in [4.69, 9.17) is 0 Å². The lowest BCUT2D eigenvalue weighted by atomic mass is 10.1. The van der Waals surface area contributed by atoms with Crippen LogP contribution in [0.5, 0.6) is 0 Å². The fourth-order valence-corrected chi connectivity index (χ4v) is 3.43. The molecule has 1 N–H and O–H groups in total. The lowest BCUT2D eigenvalue weighted by molar-refractivity contribution is 0.0948. The van der Waals surface area contributed by atoms with Crippen molar-refractivity contribution in [3.05, 3.63) is 63.0 Å². The van der Waals surface area contributed by atoms with Crippen molar-refractivity contribution < 1.29 is 4.79 Å². The Balaban J connectivity index is 1.84. The Labute approximate surface area is 128 Å². The van der Waals surface area contributed by atoms with Gasteiger partial charge in [0.2, 0.25) is 0 Å². The molecule has 0 aliphatic heterocycles. The van der Waals surface area contributed by atoms with Gasteiger partial charge < -0.3 is 5.32 Å². The second-order valence-electron chi connectivity index (χ2n) is 4.26. The molecule has 3 aromatic rings. The first-order valence-corrected chi connectivity index (χ1v) is 7.77. The molecule has 0 aliphatic carbocycles. The van der Waals surface area contributed by atoms with Gasteiger partial charge in [-0.15, -0.1) is 11.3 Å². The topological polar surface area (TPSA) is 42.0 Å². The third-order valence-corrected chi connectivity index (χ3v) is 4.92. The van der Waals surface area contributed by atoms with E-state index in [0.29, 0.717) is 12.2 Å². The summed E-state index contributed by atoms with van der Waals surface area (Å²) in [5.41, 5.74) is 0.468. The Bertz CT molecular complexity index is 764. The highest BCUT2D eigenvalue weighted by Gasteiger charge is 2.11. The Hall–Kier alpha value is -1.72. The number of benzene rings is 1. The van der Waals surface area contributed by atoms with Gasteiger partial charge in [-0.1, -0.05) is 24.3 Å². The van der Waals surface area contributed by atoms with E-state index in [0.717, 1.165) is 20.1 Å². The van der Waals surface area contributed by atoms with Crippen LogP contribution < -0.4 is 5.32 Å². The molecule has 5 heteroatoms. The number of carbonyl (C=O) groups is 1. The van der Waals surface area contributed by atoms with E-state index >= 15 is 0 Å². The predicted molar refractivity (Wildman–Crippen MR) is 84.9 cm³/mol. The fourth-order valence-electron chi connectivity index (χ4n) is 2.00. The number of nitrogens with one attached hydrogen (secondary N) is 1. The molecule has 2 aromatic heterocycles. The molecular weight excluding hydrogens is 336 g/mol. The molecule has 0 aliphatic rings. The van der Waals surface area contributed by atoms with Gasteiger partial charge in [0.25, 0.3) is 5.91 Å². The summed E-state index contributed by atoms with van der Waals surface area (Å²) >= 11 is 5.06. The maximum Gasteiger partial charge on any atom is 0.270 e. The number of fused-ring (bicyclic) bond motifs is 1. The van der Waals surface area contributed by atoms with Crippen LogP contribution in [0.4, 0.5) is 0 Å². The van der Waals surface area contributed by atoms with Gasteiger partial charge in [0.05, 0.1) is 6.54 Å². The number of thiophene rings is 1. The number of rotatable bonds is 3. The molecule has 1 aromatic carbocycles. The first-order valence-electron chi connectivity index (χ1n) is 6.09. The SMILES string of the molecule is O=C(NCc1sccc1Br)c1nccc2ccccc12. The van der Waals surface area contributed by atoms with Gasteiger partial charge in [0, 0.05) is 20.9 Å². The van der Waals surface area contributed by atoms with Gasteiger partial charge in [0.1, 0.15) is 5.69 Å². The highest BCUT2D eigenvalue weighted by Crippen LogP contribution is 2.22. The van der Waals surface area contributed by atoms with Crippen molar-refractivity contribution in [1.29, 1.82) is 0 Å². The summed E-state index contributed by atoms with van der Waals surface area (Å²) in [5.74, 6) is -0.151. The number of hydrogen-bond donors (Lipinski definition) is 1. The van der Waals surface area contributed by atoms with E-state index in [1.807, 2.05) is 41.8 Å². The van der Waals surface area contributed by atoms with Gasteiger partial charge in [-0.3, -0.25) is 9.78 Å². The number of carbonyl (C=O) groups excluding carboxylic acids is 1. The molecule has 0 saturated carbocycles. The molecule has 0 atom stereocenters. The Morgan fingerprint density at radius 2 is 2.10 bits per heavy atom. The summed E-state index contributed by atoms with van der Waals surface area (Å²) in [6.45, 7) is 0.502. The van der Waals surface area contributed by atoms with Crippen molar-refractivity contribution in [2.75, 3.05) is 0 Å². The van der Waals surface area contributed by atoms with E-state index < -0.39 is 0 Å². The zero-order valence-corrected chi connectivity index (χ0v) is 12.9. The lowest BCUT2D eigenvalue weighted by Crippen LogP contribution is -2.23. The highest BCUT2D eigenvalue weighted by atomic mass is 79.9. The highest BCUT2D eigenvalue weighted by molar-refractivity contribution is 9.10. The fraction of sp³-hybridized carbons (Fsp3) is 0.0667. The summed E-state index contributed by atoms with van der Waals surface area (Å²) in [6.07, 6.45) is 1.66. The van der Waals surface area contributed by atoms with Crippen LogP contribution in [0.3, 0.4) is 0 Å². The molecule has 100 valence electrons. The van der Waals surface area contributed by atoms with Crippen molar-refractivity contribution in [2.24, 2.45) is 0 Å². The summed E-state index contributed by atoms with van der Waals surface area (Å²) in [6, 6.07) is 11.6. The summed E-state index contributed by atoms with van der Waals surface area (Å²) in [7, 11) is 0. The van der Waals surface area contributed by atoms with Crippen molar-refractivity contribution in [2.45, 2.75) is 6.54 Å². The average Bonchev–Trinajstić information content (AvgIpc) is 2.89. The number of pyridine rings is 1. The summed E-state index contributed by atoms with van der Waals surface area (Å²) in [5, 5.41) is 6.79. The van der Waals surface area contributed by atoms with Gasteiger partial charge in [-0.2, -0.15) is 0 Å². The monoisotopic (exact) mass is 346 g/mol. The average molecular weight is 347 g/mol. The minimum absolute atomic E-state index is 0.151. The van der Waals surface area contributed by atoms with E-state index in [2.05, 4.69) is 26.2 Å². The van der Waals surface area contributed by atoms with Gasteiger partial charge in [-0.05, 0) is 38.8 Å². The third kappa shape index (κ3) is 2.59. The first kappa shape index (κ1) is 13.3. The zero-order chi connectivity index (χ0) is 13.9. The normalized spacial score (nSPS) is 10.7. The summed E-state index contributed by atoms with van der Waals surface area (Å²) in [4.78, 5) is 17.6. The number of halogens is 1. The van der Waals surface area contributed by atoms with Crippen LogP contribution >= 0.6 is 27.3 Å². The van der Waals surface area contributed by atoms with Crippen molar-refractivity contribution in [1.82, 2.24) is 10.3 Å². The number of hydrogen-bond acceptors (Lipinski definition) is 3. The van der Waals surface area contributed by atoms with Crippen molar-refractivity contribution in [3.8, 4) is 0 Å². The maximum atomic E-state index is 12.3. The van der Waals surface area contributed by atoms with Gasteiger partial charge >= 0.3 is 0 Å². The largest absolute Gasteiger partial charge is 0.346 e. The molecule has 0 spiro atoms. The van der Waals surface area contributed by atoms with Crippen LogP contribution in [0, 0.1) is 0 Å². The molecule has 0 saturated heterocycles. The number of amides is 1. The quantitative estimate of drug-likeness (QED) is 0.778. The van der Waals surface area contributed by atoms with Crippen molar-refractivity contribution >= 4 is 43.9 Å².